The van der Waals surface area contributed by atoms with Crippen LogP contribution in [0.1, 0.15) is 35.9 Å². The molecule has 1 unspecified atom stereocenters. The van der Waals surface area contributed by atoms with Crippen molar-refractivity contribution in [2.24, 2.45) is 5.92 Å². The minimum Gasteiger partial charge on any atom is -0.393 e. The Kier molecular flexibility index (Phi) is 4.77. The van der Waals surface area contributed by atoms with Gasteiger partial charge in [-0.25, -0.2) is 0 Å². The van der Waals surface area contributed by atoms with Gasteiger partial charge in [-0.2, -0.15) is 0 Å². The molecule has 1 saturated carbocycles. The number of carbonyl (C=O) groups is 2. The van der Waals surface area contributed by atoms with Crippen LogP contribution in [0.5, 0.6) is 0 Å². The number of hydrogen-bond acceptors (Lipinski definition) is 4. The molecule has 1 fully saturated rings. The van der Waals surface area contributed by atoms with E-state index in [4.69, 9.17) is 0 Å². The molecule has 2 rings (SSSR count). The molecule has 1 aliphatic rings. The Balaban J connectivity index is 1.89. The molecular weight excluding hydrogens is 276 g/mol. The van der Waals surface area contributed by atoms with Gasteiger partial charge in [0.15, 0.2) is 0 Å². The van der Waals surface area contributed by atoms with Crippen molar-refractivity contribution < 1.29 is 14.7 Å². The summed E-state index contributed by atoms with van der Waals surface area (Å²) in [6.45, 7) is 2.22. The summed E-state index contributed by atoms with van der Waals surface area (Å²) in [5.41, 5.74) is 0. The molecule has 0 aliphatic heterocycles. The SMILES string of the molecule is CC(O)CCN(C)C(=O)c1ccc(NC(=O)C2CC2)s1. The van der Waals surface area contributed by atoms with Crippen molar-refractivity contribution in [2.75, 3.05) is 18.9 Å². The quantitative estimate of drug-likeness (QED) is 0.843. The van der Waals surface area contributed by atoms with Gasteiger partial charge in [0.1, 0.15) is 0 Å². The zero-order valence-corrected chi connectivity index (χ0v) is 12.6. The largest absolute Gasteiger partial charge is 0.393 e. The summed E-state index contributed by atoms with van der Waals surface area (Å²) >= 11 is 1.29. The number of thiophene rings is 1. The van der Waals surface area contributed by atoms with Crippen LogP contribution >= 0.6 is 11.3 Å². The van der Waals surface area contributed by atoms with E-state index in [1.54, 1.807) is 31.0 Å². The number of nitrogens with zero attached hydrogens (tertiary/aromatic N) is 1. The average Bonchev–Trinajstić information content (AvgIpc) is 3.16. The van der Waals surface area contributed by atoms with E-state index in [1.807, 2.05) is 0 Å². The molecule has 0 radical (unpaired) electrons. The van der Waals surface area contributed by atoms with E-state index in [-0.39, 0.29) is 17.7 Å². The highest BCUT2D eigenvalue weighted by atomic mass is 32.1. The highest BCUT2D eigenvalue weighted by Gasteiger charge is 2.30. The van der Waals surface area contributed by atoms with Crippen molar-refractivity contribution in [3.05, 3.63) is 17.0 Å². The minimum absolute atomic E-state index is 0.0494. The number of aliphatic hydroxyl groups is 1. The monoisotopic (exact) mass is 296 g/mol. The maximum absolute atomic E-state index is 12.1. The van der Waals surface area contributed by atoms with Gasteiger partial charge in [-0.3, -0.25) is 9.59 Å². The topological polar surface area (TPSA) is 69.6 Å². The predicted molar refractivity (Wildman–Crippen MR) is 78.9 cm³/mol. The summed E-state index contributed by atoms with van der Waals surface area (Å²) in [4.78, 5) is 26.0. The highest BCUT2D eigenvalue weighted by molar-refractivity contribution is 7.18. The maximum Gasteiger partial charge on any atom is 0.263 e. The second kappa shape index (κ2) is 6.37. The number of nitrogens with one attached hydrogen (secondary N) is 1. The molecule has 1 heterocycles. The normalized spacial score (nSPS) is 15.8. The van der Waals surface area contributed by atoms with Crippen molar-refractivity contribution in [3.8, 4) is 0 Å². The second-order valence-electron chi connectivity index (χ2n) is 5.29. The van der Waals surface area contributed by atoms with Gasteiger partial charge in [0, 0.05) is 19.5 Å². The molecule has 2 N–H and O–H groups in total. The van der Waals surface area contributed by atoms with Crippen LogP contribution in [0.4, 0.5) is 5.00 Å². The zero-order chi connectivity index (χ0) is 14.7. The van der Waals surface area contributed by atoms with Gasteiger partial charge in [-0.1, -0.05) is 0 Å². The fourth-order valence-corrected chi connectivity index (χ4v) is 2.66. The first-order chi connectivity index (χ1) is 9.47. The lowest BCUT2D eigenvalue weighted by atomic mass is 10.2. The van der Waals surface area contributed by atoms with Gasteiger partial charge >= 0.3 is 0 Å². The van der Waals surface area contributed by atoms with Gasteiger partial charge < -0.3 is 15.3 Å². The lowest BCUT2D eigenvalue weighted by Gasteiger charge is -2.16. The first-order valence-electron chi connectivity index (χ1n) is 6.81. The second-order valence-corrected chi connectivity index (χ2v) is 6.38. The highest BCUT2D eigenvalue weighted by Crippen LogP contribution is 2.31. The van der Waals surface area contributed by atoms with E-state index in [9.17, 15) is 14.7 Å². The van der Waals surface area contributed by atoms with Crippen LogP contribution in [0.2, 0.25) is 0 Å². The Labute approximate surface area is 122 Å². The van der Waals surface area contributed by atoms with Crippen LogP contribution in [-0.2, 0) is 4.79 Å². The van der Waals surface area contributed by atoms with Crippen molar-refractivity contribution >= 4 is 28.2 Å². The Morgan fingerprint density at radius 3 is 2.80 bits per heavy atom. The van der Waals surface area contributed by atoms with E-state index in [0.717, 1.165) is 12.8 Å². The van der Waals surface area contributed by atoms with Gasteiger partial charge in [0.05, 0.1) is 16.0 Å². The molecular formula is C14H20N2O3S. The molecule has 6 heteroatoms. The Morgan fingerprint density at radius 2 is 2.20 bits per heavy atom. The van der Waals surface area contributed by atoms with Gasteiger partial charge in [-0.05, 0) is 38.3 Å². The number of rotatable bonds is 6. The summed E-state index contributed by atoms with van der Waals surface area (Å²) in [6, 6.07) is 3.50. The van der Waals surface area contributed by atoms with Crippen LogP contribution in [0.3, 0.4) is 0 Å². The molecule has 0 spiro atoms. The third kappa shape index (κ3) is 4.05. The van der Waals surface area contributed by atoms with E-state index in [0.29, 0.717) is 22.8 Å². The first kappa shape index (κ1) is 15.0. The van der Waals surface area contributed by atoms with Crippen molar-refractivity contribution in [2.45, 2.75) is 32.3 Å². The molecule has 0 saturated heterocycles. The van der Waals surface area contributed by atoms with E-state index >= 15 is 0 Å². The van der Waals surface area contributed by atoms with Crippen LogP contribution < -0.4 is 5.32 Å². The fraction of sp³-hybridized carbons (Fsp3) is 0.571. The van der Waals surface area contributed by atoms with Crippen molar-refractivity contribution in [1.82, 2.24) is 4.90 Å². The number of hydrogen-bond donors (Lipinski definition) is 2. The summed E-state index contributed by atoms with van der Waals surface area (Å²) in [6.07, 6.45) is 2.07. The maximum atomic E-state index is 12.1. The fourth-order valence-electron chi connectivity index (χ4n) is 1.76. The molecule has 0 aromatic carbocycles. The van der Waals surface area contributed by atoms with Gasteiger partial charge in [-0.15, -0.1) is 11.3 Å². The average molecular weight is 296 g/mol. The van der Waals surface area contributed by atoms with Crippen LogP contribution in [0.25, 0.3) is 0 Å². The molecule has 2 amide bonds. The van der Waals surface area contributed by atoms with Gasteiger partial charge in [0.25, 0.3) is 5.91 Å². The molecule has 1 aliphatic carbocycles. The summed E-state index contributed by atoms with van der Waals surface area (Å²) in [7, 11) is 1.72. The minimum atomic E-state index is -0.415. The number of aliphatic hydroxyl groups excluding tert-OH is 1. The van der Waals surface area contributed by atoms with E-state index in [2.05, 4.69) is 5.32 Å². The summed E-state index contributed by atoms with van der Waals surface area (Å²) in [5.74, 6) is 0.126. The summed E-state index contributed by atoms with van der Waals surface area (Å²) < 4.78 is 0. The number of carbonyl (C=O) groups excluding carboxylic acids is 2. The Bertz CT molecular complexity index is 494. The third-order valence-electron chi connectivity index (χ3n) is 3.24. The molecule has 5 nitrogen and oxygen atoms in total. The van der Waals surface area contributed by atoms with Gasteiger partial charge in [0.2, 0.25) is 5.91 Å². The molecule has 1 aromatic heterocycles. The number of anilines is 1. The molecule has 1 aromatic rings. The summed E-state index contributed by atoms with van der Waals surface area (Å²) in [5, 5.41) is 12.8. The molecule has 0 bridgehead atoms. The third-order valence-corrected chi connectivity index (χ3v) is 4.23. The first-order valence-corrected chi connectivity index (χ1v) is 7.63. The van der Waals surface area contributed by atoms with Crippen LogP contribution in [0, 0.1) is 5.92 Å². The molecule has 110 valence electrons. The lowest BCUT2D eigenvalue weighted by molar-refractivity contribution is -0.117. The molecule has 20 heavy (non-hydrogen) atoms. The Hall–Kier alpha value is -1.40. The van der Waals surface area contributed by atoms with E-state index < -0.39 is 6.10 Å². The smallest absolute Gasteiger partial charge is 0.263 e. The standard InChI is InChI=1S/C14H20N2O3S/c1-9(17)7-8-16(2)14(19)11-5-6-12(20-11)15-13(18)10-3-4-10/h5-6,9-10,17H,3-4,7-8H2,1-2H3,(H,15,18). The lowest BCUT2D eigenvalue weighted by Crippen LogP contribution is -2.28. The zero-order valence-electron chi connectivity index (χ0n) is 11.8. The van der Waals surface area contributed by atoms with Crippen molar-refractivity contribution in [1.29, 1.82) is 0 Å². The van der Waals surface area contributed by atoms with Crippen LogP contribution in [-0.4, -0.2) is 41.5 Å². The molecule has 1 atom stereocenters. The van der Waals surface area contributed by atoms with E-state index in [1.165, 1.54) is 11.3 Å². The van der Waals surface area contributed by atoms with Crippen molar-refractivity contribution in [3.63, 3.8) is 0 Å². The number of amides is 2. The van der Waals surface area contributed by atoms with Crippen LogP contribution in [0.15, 0.2) is 12.1 Å². The predicted octanol–water partition coefficient (Wildman–Crippen LogP) is 1.94. The Morgan fingerprint density at radius 1 is 1.50 bits per heavy atom.